The van der Waals surface area contributed by atoms with Gasteiger partial charge < -0.3 is 19.5 Å². The Labute approximate surface area is 207 Å². The fourth-order valence-electron chi connectivity index (χ4n) is 4.79. The van der Waals surface area contributed by atoms with Gasteiger partial charge >= 0.3 is 0 Å². The van der Waals surface area contributed by atoms with Crippen LogP contribution >= 0.6 is 0 Å². The molecule has 0 spiro atoms. The lowest BCUT2D eigenvalue weighted by atomic mass is 9.88. The van der Waals surface area contributed by atoms with E-state index >= 15 is 0 Å². The summed E-state index contributed by atoms with van der Waals surface area (Å²) in [5.41, 5.74) is 5.84. The molecule has 4 rings (SSSR count). The summed E-state index contributed by atoms with van der Waals surface area (Å²) >= 11 is 0. The average Bonchev–Trinajstić information content (AvgIpc) is 2.88. The average molecular weight is 475 g/mol. The smallest absolute Gasteiger partial charge is 0.234 e. The largest absolute Gasteiger partial charge is 0.497 e. The van der Waals surface area contributed by atoms with E-state index in [1.165, 1.54) is 16.7 Å². The molecule has 3 aromatic carbocycles. The number of nitrogens with zero attached hydrogens (tertiary/aromatic N) is 1. The van der Waals surface area contributed by atoms with E-state index in [9.17, 15) is 4.79 Å². The van der Waals surface area contributed by atoms with Crippen molar-refractivity contribution < 1.29 is 19.0 Å². The first kappa shape index (κ1) is 24.6. The summed E-state index contributed by atoms with van der Waals surface area (Å²) in [6.45, 7) is 3.70. The first-order valence-electron chi connectivity index (χ1n) is 11.9. The van der Waals surface area contributed by atoms with Gasteiger partial charge in [-0.25, -0.2) is 0 Å². The number of benzene rings is 3. The van der Waals surface area contributed by atoms with Crippen molar-refractivity contribution in [2.75, 3.05) is 34.4 Å². The Balaban J connectivity index is 1.58. The summed E-state index contributed by atoms with van der Waals surface area (Å²) in [4.78, 5) is 15.2. The summed E-state index contributed by atoms with van der Waals surface area (Å²) in [6.07, 6.45) is 1.60. The van der Waals surface area contributed by atoms with Crippen LogP contribution in [0.2, 0.25) is 0 Å². The molecule has 35 heavy (non-hydrogen) atoms. The maximum atomic E-state index is 13.0. The summed E-state index contributed by atoms with van der Waals surface area (Å²) in [5.74, 6) is 2.28. The normalized spacial score (nSPS) is 15.3. The molecule has 3 aromatic rings. The number of nitrogens with one attached hydrogen (secondary N) is 1. The molecule has 184 valence electrons. The van der Waals surface area contributed by atoms with E-state index < -0.39 is 0 Å². The van der Waals surface area contributed by atoms with Gasteiger partial charge in [-0.05, 0) is 66.3 Å². The van der Waals surface area contributed by atoms with Crippen LogP contribution in [-0.2, 0) is 24.2 Å². The molecule has 0 saturated heterocycles. The minimum Gasteiger partial charge on any atom is -0.497 e. The van der Waals surface area contributed by atoms with Crippen LogP contribution in [0.15, 0.2) is 60.7 Å². The van der Waals surface area contributed by atoms with E-state index in [1.807, 2.05) is 24.3 Å². The Bertz CT molecular complexity index is 1180. The van der Waals surface area contributed by atoms with Crippen molar-refractivity contribution in [3.8, 4) is 17.2 Å². The van der Waals surface area contributed by atoms with E-state index in [-0.39, 0.29) is 11.9 Å². The van der Waals surface area contributed by atoms with E-state index in [4.69, 9.17) is 14.2 Å². The Morgan fingerprint density at radius 1 is 0.943 bits per heavy atom. The quantitative estimate of drug-likeness (QED) is 0.496. The summed E-state index contributed by atoms with van der Waals surface area (Å²) in [6, 6.07) is 20.5. The molecular formula is C29H34N2O4. The third kappa shape index (κ3) is 5.95. The predicted octanol–water partition coefficient (Wildman–Crippen LogP) is 4.48. The first-order valence-corrected chi connectivity index (χ1v) is 11.9. The summed E-state index contributed by atoms with van der Waals surface area (Å²) in [5, 5.41) is 3.10. The number of hydrogen-bond donors (Lipinski definition) is 1. The monoisotopic (exact) mass is 474 g/mol. The van der Waals surface area contributed by atoms with E-state index in [2.05, 4.69) is 53.5 Å². The number of aryl methyl sites for hydroxylation is 1. The maximum Gasteiger partial charge on any atom is 0.234 e. The molecule has 1 atom stereocenters. The van der Waals surface area contributed by atoms with Gasteiger partial charge in [0.15, 0.2) is 11.5 Å². The number of hydrogen-bond acceptors (Lipinski definition) is 5. The number of rotatable bonds is 9. The Morgan fingerprint density at radius 3 is 2.43 bits per heavy atom. The van der Waals surface area contributed by atoms with Crippen LogP contribution < -0.4 is 19.5 Å². The van der Waals surface area contributed by atoms with Gasteiger partial charge in [-0.3, -0.25) is 9.69 Å². The number of amides is 1. The molecule has 0 aromatic heterocycles. The molecule has 1 aliphatic rings. The molecule has 0 saturated carbocycles. The zero-order valence-electron chi connectivity index (χ0n) is 21.0. The van der Waals surface area contributed by atoms with Crippen molar-refractivity contribution in [2.45, 2.75) is 32.4 Å². The number of ether oxygens (including phenoxy) is 3. The highest BCUT2D eigenvalue weighted by Gasteiger charge is 2.30. The topological polar surface area (TPSA) is 60.0 Å². The zero-order valence-corrected chi connectivity index (χ0v) is 21.0. The zero-order chi connectivity index (χ0) is 24.8. The van der Waals surface area contributed by atoms with Gasteiger partial charge in [0.25, 0.3) is 0 Å². The fourth-order valence-corrected chi connectivity index (χ4v) is 4.79. The van der Waals surface area contributed by atoms with Crippen molar-refractivity contribution in [1.29, 1.82) is 0 Å². The second-order valence-electron chi connectivity index (χ2n) is 8.96. The van der Waals surface area contributed by atoms with Gasteiger partial charge in [0, 0.05) is 19.1 Å². The molecular weight excluding hydrogens is 440 g/mol. The third-order valence-electron chi connectivity index (χ3n) is 6.60. The Morgan fingerprint density at radius 2 is 1.69 bits per heavy atom. The van der Waals surface area contributed by atoms with Crippen LogP contribution in [0.5, 0.6) is 17.2 Å². The van der Waals surface area contributed by atoms with Gasteiger partial charge in [0.05, 0.1) is 27.9 Å². The third-order valence-corrected chi connectivity index (χ3v) is 6.60. The first-order chi connectivity index (χ1) is 17.0. The van der Waals surface area contributed by atoms with Crippen LogP contribution in [0, 0.1) is 6.92 Å². The van der Waals surface area contributed by atoms with Crippen molar-refractivity contribution >= 4 is 5.91 Å². The Hall–Kier alpha value is -3.51. The van der Waals surface area contributed by atoms with Crippen LogP contribution in [0.1, 0.15) is 33.9 Å². The standard InChI is InChI=1S/C29H34N2O4/c1-20-7-5-9-22(13-20)18-30-29(32)19-31-12-11-23-16-27(34-3)28(35-4)17-25(23)26(31)15-21-8-6-10-24(14-21)33-2/h5-10,13-14,16-17,26H,11-12,15,18-19H2,1-4H3,(H,30,32). The van der Waals surface area contributed by atoms with Crippen LogP contribution in [0.3, 0.4) is 0 Å². The van der Waals surface area contributed by atoms with Gasteiger partial charge in [-0.15, -0.1) is 0 Å². The summed E-state index contributed by atoms with van der Waals surface area (Å²) < 4.78 is 16.6. The van der Waals surface area contributed by atoms with E-state index in [1.54, 1.807) is 21.3 Å². The van der Waals surface area contributed by atoms with Crippen molar-refractivity contribution in [3.05, 3.63) is 88.5 Å². The van der Waals surface area contributed by atoms with Gasteiger partial charge in [0.1, 0.15) is 5.75 Å². The van der Waals surface area contributed by atoms with E-state index in [0.29, 0.717) is 18.8 Å². The lowest BCUT2D eigenvalue weighted by molar-refractivity contribution is -0.123. The van der Waals surface area contributed by atoms with Gasteiger partial charge in [-0.1, -0.05) is 42.0 Å². The summed E-state index contributed by atoms with van der Waals surface area (Å²) in [7, 11) is 4.99. The molecule has 1 unspecified atom stereocenters. The van der Waals surface area contributed by atoms with Gasteiger partial charge in [0.2, 0.25) is 5.91 Å². The number of carbonyl (C=O) groups excluding carboxylic acids is 1. The predicted molar refractivity (Wildman–Crippen MR) is 137 cm³/mol. The number of carbonyl (C=O) groups is 1. The molecule has 1 N–H and O–H groups in total. The fraction of sp³-hybridized carbons (Fsp3) is 0.345. The molecule has 0 fully saturated rings. The molecule has 0 aliphatic carbocycles. The minimum absolute atomic E-state index is 0.0195. The molecule has 0 radical (unpaired) electrons. The molecule has 1 amide bonds. The number of methoxy groups -OCH3 is 3. The lowest BCUT2D eigenvalue weighted by Gasteiger charge is -2.37. The maximum absolute atomic E-state index is 13.0. The van der Waals surface area contributed by atoms with E-state index in [0.717, 1.165) is 42.0 Å². The molecule has 6 nitrogen and oxygen atoms in total. The highest BCUT2D eigenvalue weighted by atomic mass is 16.5. The molecule has 1 aliphatic heterocycles. The second-order valence-corrected chi connectivity index (χ2v) is 8.96. The molecule has 0 bridgehead atoms. The minimum atomic E-state index is 0.0195. The molecule has 6 heteroatoms. The van der Waals surface area contributed by atoms with Crippen molar-refractivity contribution in [1.82, 2.24) is 10.2 Å². The van der Waals surface area contributed by atoms with Gasteiger partial charge in [-0.2, -0.15) is 0 Å². The highest BCUT2D eigenvalue weighted by Crippen LogP contribution is 2.39. The van der Waals surface area contributed by atoms with Crippen molar-refractivity contribution in [2.24, 2.45) is 0 Å². The van der Waals surface area contributed by atoms with Crippen molar-refractivity contribution in [3.63, 3.8) is 0 Å². The SMILES string of the molecule is COc1cccc(CC2c3cc(OC)c(OC)cc3CCN2CC(=O)NCc2cccc(C)c2)c1. The Kier molecular flexibility index (Phi) is 7.93. The lowest BCUT2D eigenvalue weighted by Crippen LogP contribution is -2.43. The second kappa shape index (κ2) is 11.3. The highest BCUT2D eigenvalue weighted by molar-refractivity contribution is 5.78. The van der Waals surface area contributed by atoms with Crippen LogP contribution in [0.4, 0.5) is 0 Å². The van der Waals surface area contributed by atoms with Crippen LogP contribution in [-0.4, -0.2) is 45.2 Å². The van der Waals surface area contributed by atoms with Crippen LogP contribution in [0.25, 0.3) is 0 Å². The molecule has 1 heterocycles. The number of fused-ring (bicyclic) bond motifs is 1.